The first kappa shape index (κ1) is 22.9. The van der Waals surface area contributed by atoms with E-state index in [1.54, 1.807) is 17.8 Å². The Kier molecular flexibility index (Phi) is 8.13. The van der Waals surface area contributed by atoms with Gasteiger partial charge in [-0.25, -0.2) is 4.39 Å². The van der Waals surface area contributed by atoms with E-state index in [1.165, 1.54) is 6.07 Å². The second-order valence-corrected chi connectivity index (χ2v) is 8.37. The van der Waals surface area contributed by atoms with Crippen LogP contribution in [0.3, 0.4) is 0 Å². The lowest BCUT2D eigenvalue weighted by Gasteiger charge is -2.18. The third-order valence-corrected chi connectivity index (χ3v) is 5.70. The van der Waals surface area contributed by atoms with Crippen LogP contribution in [0.2, 0.25) is 0 Å². The van der Waals surface area contributed by atoms with Crippen LogP contribution in [0.25, 0.3) is 11.1 Å². The van der Waals surface area contributed by atoms with Gasteiger partial charge < -0.3 is 9.47 Å². The summed E-state index contributed by atoms with van der Waals surface area (Å²) < 4.78 is 26.3. The van der Waals surface area contributed by atoms with Gasteiger partial charge in [0.2, 0.25) is 0 Å². The molecule has 0 aliphatic heterocycles. The molecule has 0 heterocycles. The summed E-state index contributed by atoms with van der Waals surface area (Å²) in [6, 6.07) is 16.5. The molecule has 0 spiro atoms. The molecular formula is C26H27FO3S. The Hall–Kier alpha value is -2.79. The van der Waals surface area contributed by atoms with Gasteiger partial charge in [0.05, 0.1) is 12.2 Å². The van der Waals surface area contributed by atoms with Crippen molar-refractivity contribution in [3.8, 4) is 22.6 Å². The van der Waals surface area contributed by atoms with Gasteiger partial charge >= 0.3 is 0 Å². The number of aldehydes is 1. The summed E-state index contributed by atoms with van der Waals surface area (Å²) in [7, 11) is 0. The summed E-state index contributed by atoms with van der Waals surface area (Å²) in [4.78, 5) is 11.4. The Labute approximate surface area is 187 Å². The Morgan fingerprint density at radius 3 is 2.35 bits per heavy atom. The maximum Gasteiger partial charge on any atom is 0.153 e. The Morgan fingerprint density at radius 1 is 1.00 bits per heavy atom. The molecule has 0 radical (unpaired) electrons. The molecule has 3 aromatic carbocycles. The van der Waals surface area contributed by atoms with Crippen LogP contribution in [0.5, 0.6) is 11.5 Å². The van der Waals surface area contributed by atoms with Crippen molar-refractivity contribution in [2.45, 2.75) is 26.9 Å². The van der Waals surface area contributed by atoms with Crippen molar-refractivity contribution in [1.29, 1.82) is 0 Å². The second kappa shape index (κ2) is 11.0. The number of ether oxygens (including phenoxy) is 2. The van der Waals surface area contributed by atoms with E-state index in [-0.39, 0.29) is 5.56 Å². The maximum atomic E-state index is 14.4. The van der Waals surface area contributed by atoms with E-state index in [4.69, 9.17) is 9.47 Å². The monoisotopic (exact) mass is 438 g/mol. The normalized spacial score (nSPS) is 10.7. The number of aryl methyl sites for hydroxylation is 2. The van der Waals surface area contributed by atoms with Gasteiger partial charge in [-0.3, -0.25) is 4.79 Å². The largest absolute Gasteiger partial charge is 0.494 e. The summed E-state index contributed by atoms with van der Waals surface area (Å²) in [5.74, 6) is 1.68. The van der Waals surface area contributed by atoms with E-state index in [0.717, 1.165) is 40.2 Å². The average Bonchev–Trinajstić information content (AvgIpc) is 2.76. The number of benzene rings is 3. The van der Waals surface area contributed by atoms with Crippen molar-refractivity contribution in [2.24, 2.45) is 0 Å². The van der Waals surface area contributed by atoms with Crippen LogP contribution in [0.1, 0.15) is 33.5 Å². The van der Waals surface area contributed by atoms with Gasteiger partial charge in [0.15, 0.2) is 6.29 Å². The molecule has 5 heteroatoms. The highest BCUT2D eigenvalue weighted by Gasteiger charge is 2.17. The van der Waals surface area contributed by atoms with Gasteiger partial charge in [0.25, 0.3) is 0 Å². The zero-order valence-electron chi connectivity index (χ0n) is 18.1. The van der Waals surface area contributed by atoms with Crippen molar-refractivity contribution in [2.75, 3.05) is 18.6 Å². The number of hydrogen-bond acceptors (Lipinski definition) is 4. The lowest BCUT2D eigenvalue weighted by Crippen LogP contribution is -2.02. The third kappa shape index (κ3) is 5.88. The van der Waals surface area contributed by atoms with Crippen LogP contribution in [0.15, 0.2) is 54.6 Å². The lowest BCUT2D eigenvalue weighted by molar-refractivity contribution is 0.111. The van der Waals surface area contributed by atoms with Crippen molar-refractivity contribution in [1.82, 2.24) is 0 Å². The lowest BCUT2D eigenvalue weighted by atomic mass is 9.93. The first-order valence-electron chi connectivity index (χ1n) is 10.2. The standard InChI is InChI=1S/C26H27FO3S/c1-18-12-22(29-10-7-11-31-3)13-19(2)26(18)23-14-21(16-28)24(27)15-25(23)30-17-20-8-5-4-6-9-20/h4-6,8-9,12-16H,7,10-11,17H2,1-3H3. The molecule has 0 unspecified atom stereocenters. The third-order valence-electron chi connectivity index (χ3n) is 5.00. The smallest absolute Gasteiger partial charge is 0.153 e. The van der Waals surface area contributed by atoms with Crippen LogP contribution in [-0.2, 0) is 6.61 Å². The number of thioether (sulfide) groups is 1. The van der Waals surface area contributed by atoms with Crippen LogP contribution in [0, 0.1) is 19.7 Å². The quantitative estimate of drug-likeness (QED) is 0.263. The molecule has 0 atom stereocenters. The van der Waals surface area contributed by atoms with Crippen molar-refractivity contribution in [3.63, 3.8) is 0 Å². The zero-order chi connectivity index (χ0) is 22.2. The molecule has 0 fully saturated rings. The van der Waals surface area contributed by atoms with Gasteiger partial charge in [-0.1, -0.05) is 30.3 Å². The summed E-state index contributed by atoms with van der Waals surface area (Å²) in [5, 5.41) is 0. The van der Waals surface area contributed by atoms with Crippen LogP contribution in [-0.4, -0.2) is 24.9 Å². The molecule has 3 nitrogen and oxygen atoms in total. The predicted molar refractivity (Wildman–Crippen MR) is 126 cm³/mol. The number of carbonyl (C=O) groups excluding carboxylic acids is 1. The van der Waals surface area contributed by atoms with Gasteiger partial charge in [-0.2, -0.15) is 11.8 Å². The number of hydrogen-bond donors (Lipinski definition) is 0. The SMILES string of the molecule is CSCCCOc1cc(C)c(-c2cc(C=O)c(F)cc2OCc2ccccc2)c(C)c1. The molecular weight excluding hydrogens is 411 g/mol. The topological polar surface area (TPSA) is 35.5 Å². The van der Waals surface area contributed by atoms with Crippen molar-refractivity contribution in [3.05, 3.63) is 82.7 Å². The molecule has 0 saturated carbocycles. The minimum Gasteiger partial charge on any atom is -0.494 e. The van der Waals surface area contributed by atoms with E-state index in [2.05, 4.69) is 6.26 Å². The van der Waals surface area contributed by atoms with E-state index in [9.17, 15) is 9.18 Å². The van der Waals surface area contributed by atoms with E-state index in [0.29, 0.717) is 30.8 Å². The van der Waals surface area contributed by atoms with Gasteiger partial charge in [0, 0.05) is 11.6 Å². The molecule has 0 aliphatic carbocycles. The molecule has 0 saturated heterocycles. The average molecular weight is 439 g/mol. The van der Waals surface area contributed by atoms with E-state index >= 15 is 0 Å². The first-order chi connectivity index (χ1) is 15.0. The highest BCUT2D eigenvalue weighted by atomic mass is 32.2. The van der Waals surface area contributed by atoms with Gasteiger partial charge in [-0.05, 0) is 72.7 Å². The highest BCUT2D eigenvalue weighted by Crippen LogP contribution is 2.38. The molecule has 3 rings (SSSR count). The van der Waals surface area contributed by atoms with Crippen molar-refractivity contribution >= 4 is 18.0 Å². The summed E-state index contributed by atoms with van der Waals surface area (Å²) >= 11 is 1.80. The molecule has 0 bridgehead atoms. The number of halogens is 1. The number of rotatable bonds is 10. The molecule has 0 N–H and O–H groups in total. The molecule has 0 aromatic heterocycles. The Morgan fingerprint density at radius 2 is 1.71 bits per heavy atom. The molecule has 162 valence electrons. The Balaban J connectivity index is 1.95. The van der Waals surface area contributed by atoms with Gasteiger partial charge in [0.1, 0.15) is 23.9 Å². The van der Waals surface area contributed by atoms with Crippen LogP contribution >= 0.6 is 11.8 Å². The fourth-order valence-electron chi connectivity index (χ4n) is 3.54. The molecule has 0 amide bonds. The fourth-order valence-corrected chi connectivity index (χ4v) is 3.94. The van der Waals surface area contributed by atoms with Crippen molar-refractivity contribution < 1.29 is 18.7 Å². The Bertz CT molecular complexity index is 1010. The maximum absolute atomic E-state index is 14.4. The summed E-state index contributed by atoms with van der Waals surface area (Å²) in [6.07, 6.45) is 3.60. The minimum absolute atomic E-state index is 0.0123. The molecule has 31 heavy (non-hydrogen) atoms. The highest BCUT2D eigenvalue weighted by molar-refractivity contribution is 7.98. The van der Waals surface area contributed by atoms with Crippen LogP contribution in [0.4, 0.5) is 4.39 Å². The van der Waals surface area contributed by atoms with E-state index in [1.807, 2.05) is 56.3 Å². The second-order valence-electron chi connectivity index (χ2n) is 7.39. The predicted octanol–water partition coefficient (Wildman–Crippen LogP) is 6.63. The molecule has 3 aromatic rings. The van der Waals surface area contributed by atoms with E-state index < -0.39 is 5.82 Å². The number of carbonyl (C=O) groups is 1. The van der Waals surface area contributed by atoms with Gasteiger partial charge in [-0.15, -0.1) is 0 Å². The molecule has 0 aliphatic rings. The summed E-state index contributed by atoms with van der Waals surface area (Å²) in [6.45, 7) is 4.95. The summed E-state index contributed by atoms with van der Waals surface area (Å²) in [5.41, 5.74) is 4.57. The first-order valence-corrected chi connectivity index (χ1v) is 11.6. The fraction of sp³-hybridized carbons (Fsp3) is 0.269. The zero-order valence-corrected chi connectivity index (χ0v) is 18.9. The minimum atomic E-state index is -0.592. The van der Waals surface area contributed by atoms with Crippen LogP contribution < -0.4 is 9.47 Å².